The van der Waals surface area contributed by atoms with Crippen molar-refractivity contribution < 1.29 is 4.74 Å². The highest BCUT2D eigenvalue weighted by Crippen LogP contribution is 2.28. The third-order valence-electron chi connectivity index (χ3n) is 1.72. The van der Waals surface area contributed by atoms with Gasteiger partial charge in [-0.3, -0.25) is 0 Å². The van der Waals surface area contributed by atoms with E-state index in [2.05, 4.69) is 37.2 Å². The first-order valence-electron chi connectivity index (χ1n) is 4.46. The maximum absolute atomic E-state index is 5.59. The van der Waals surface area contributed by atoms with Gasteiger partial charge < -0.3 is 10.1 Å². The molecular formula is C10H13Br2NO. The highest BCUT2D eigenvalue weighted by molar-refractivity contribution is 9.11. The quantitative estimate of drug-likeness (QED) is 0.841. The molecule has 0 radical (unpaired) electrons. The summed E-state index contributed by atoms with van der Waals surface area (Å²) in [6, 6.07) is 5.90. The van der Waals surface area contributed by atoms with E-state index in [1.807, 2.05) is 25.2 Å². The predicted octanol–water partition coefficient (Wildman–Crippen LogP) is 3.20. The van der Waals surface area contributed by atoms with Crippen molar-refractivity contribution in [2.45, 2.75) is 6.42 Å². The topological polar surface area (TPSA) is 21.3 Å². The number of halogens is 2. The highest BCUT2D eigenvalue weighted by Gasteiger charge is 2.00. The standard InChI is InChI=1S/C10H13Br2NO/c1-13-5-2-6-14-10-4-3-8(11)7-9(10)12/h3-4,7,13H,2,5-6H2,1H3. The molecule has 0 unspecified atom stereocenters. The van der Waals surface area contributed by atoms with Crippen LogP contribution in [0.5, 0.6) is 5.75 Å². The third-order valence-corrected chi connectivity index (χ3v) is 2.84. The first-order valence-corrected chi connectivity index (χ1v) is 6.05. The van der Waals surface area contributed by atoms with Crippen molar-refractivity contribution in [1.29, 1.82) is 0 Å². The molecule has 0 aliphatic carbocycles. The van der Waals surface area contributed by atoms with Gasteiger partial charge in [-0.15, -0.1) is 0 Å². The zero-order valence-corrected chi connectivity index (χ0v) is 11.2. The van der Waals surface area contributed by atoms with E-state index in [-0.39, 0.29) is 0 Å². The van der Waals surface area contributed by atoms with Crippen molar-refractivity contribution in [1.82, 2.24) is 5.32 Å². The van der Waals surface area contributed by atoms with Crippen LogP contribution in [0.3, 0.4) is 0 Å². The van der Waals surface area contributed by atoms with Gasteiger partial charge in [0.1, 0.15) is 5.75 Å². The summed E-state index contributed by atoms with van der Waals surface area (Å²) < 4.78 is 7.62. The van der Waals surface area contributed by atoms with Gasteiger partial charge in [-0.2, -0.15) is 0 Å². The van der Waals surface area contributed by atoms with Crippen LogP contribution in [0, 0.1) is 0 Å². The summed E-state index contributed by atoms with van der Waals surface area (Å²) in [5, 5.41) is 3.08. The van der Waals surface area contributed by atoms with Gasteiger partial charge in [0.05, 0.1) is 11.1 Å². The summed E-state index contributed by atoms with van der Waals surface area (Å²) in [6.45, 7) is 1.72. The number of rotatable bonds is 5. The van der Waals surface area contributed by atoms with Crippen LogP contribution in [0.4, 0.5) is 0 Å². The molecule has 0 aromatic heterocycles. The average molecular weight is 323 g/mol. The Balaban J connectivity index is 2.42. The normalized spacial score (nSPS) is 10.2. The van der Waals surface area contributed by atoms with E-state index in [9.17, 15) is 0 Å². The van der Waals surface area contributed by atoms with Gasteiger partial charge in [-0.25, -0.2) is 0 Å². The SMILES string of the molecule is CNCCCOc1ccc(Br)cc1Br. The van der Waals surface area contributed by atoms with E-state index < -0.39 is 0 Å². The molecule has 0 aliphatic rings. The summed E-state index contributed by atoms with van der Waals surface area (Å²) in [4.78, 5) is 0. The zero-order chi connectivity index (χ0) is 10.4. The van der Waals surface area contributed by atoms with Gasteiger partial charge in [0.25, 0.3) is 0 Å². The van der Waals surface area contributed by atoms with E-state index in [1.165, 1.54) is 0 Å². The molecule has 1 aromatic rings. The Morgan fingerprint density at radius 2 is 2.14 bits per heavy atom. The lowest BCUT2D eigenvalue weighted by Crippen LogP contribution is -2.11. The van der Waals surface area contributed by atoms with Crippen LogP contribution in [-0.4, -0.2) is 20.2 Å². The van der Waals surface area contributed by atoms with Crippen molar-refractivity contribution in [3.63, 3.8) is 0 Å². The fourth-order valence-electron chi connectivity index (χ4n) is 1.02. The van der Waals surface area contributed by atoms with Crippen molar-refractivity contribution >= 4 is 31.9 Å². The molecule has 0 atom stereocenters. The second-order valence-corrected chi connectivity index (χ2v) is 4.65. The van der Waals surface area contributed by atoms with Crippen LogP contribution in [0.25, 0.3) is 0 Å². The largest absolute Gasteiger partial charge is 0.492 e. The van der Waals surface area contributed by atoms with E-state index >= 15 is 0 Å². The lowest BCUT2D eigenvalue weighted by molar-refractivity contribution is 0.308. The van der Waals surface area contributed by atoms with Crippen molar-refractivity contribution in [2.24, 2.45) is 0 Å². The predicted molar refractivity (Wildman–Crippen MR) is 65.9 cm³/mol. The zero-order valence-electron chi connectivity index (χ0n) is 8.02. The van der Waals surface area contributed by atoms with E-state index in [1.54, 1.807) is 0 Å². The Kier molecular flexibility index (Phi) is 5.52. The third kappa shape index (κ3) is 3.98. The molecule has 2 nitrogen and oxygen atoms in total. The summed E-state index contributed by atoms with van der Waals surface area (Å²) in [6.07, 6.45) is 1.01. The van der Waals surface area contributed by atoms with Gasteiger partial charge in [-0.05, 0) is 54.1 Å². The second kappa shape index (κ2) is 6.43. The van der Waals surface area contributed by atoms with Crippen LogP contribution in [0.15, 0.2) is 27.1 Å². The lowest BCUT2D eigenvalue weighted by atomic mass is 10.3. The number of hydrogen-bond acceptors (Lipinski definition) is 2. The molecule has 0 saturated carbocycles. The Hall–Kier alpha value is -0.0600. The fourth-order valence-corrected chi connectivity index (χ4v) is 2.18. The number of benzene rings is 1. The first-order chi connectivity index (χ1) is 6.74. The Labute approximate surface area is 101 Å². The van der Waals surface area contributed by atoms with E-state index in [0.29, 0.717) is 0 Å². The van der Waals surface area contributed by atoms with Gasteiger partial charge in [-0.1, -0.05) is 15.9 Å². The molecule has 1 rings (SSSR count). The van der Waals surface area contributed by atoms with Crippen LogP contribution < -0.4 is 10.1 Å². The molecule has 4 heteroatoms. The van der Waals surface area contributed by atoms with Gasteiger partial charge in [0, 0.05) is 4.47 Å². The fraction of sp³-hybridized carbons (Fsp3) is 0.400. The Morgan fingerprint density at radius 1 is 1.36 bits per heavy atom. The lowest BCUT2D eigenvalue weighted by Gasteiger charge is -2.07. The van der Waals surface area contributed by atoms with Gasteiger partial charge in [0.15, 0.2) is 0 Å². The minimum Gasteiger partial charge on any atom is -0.492 e. The number of hydrogen-bond donors (Lipinski definition) is 1. The number of ether oxygens (including phenoxy) is 1. The maximum atomic E-state index is 5.59. The van der Waals surface area contributed by atoms with Crippen LogP contribution >= 0.6 is 31.9 Å². The molecule has 78 valence electrons. The molecule has 0 spiro atoms. The molecular weight excluding hydrogens is 310 g/mol. The molecule has 1 aromatic carbocycles. The second-order valence-electron chi connectivity index (χ2n) is 2.88. The molecule has 0 saturated heterocycles. The van der Waals surface area contributed by atoms with Crippen molar-refractivity contribution in [3.8, 4) is 5.75 Å². The molecule has 0 fully saturated rings. The van der Waals surface area contributed by atoms with Crippen molar-refractivity contribution in [2.75, 3.05) is 20.2 Å². The van der Waals surface area contributed by atoms with E-state index in [0.717, 1.165) is 34.3 Å². The summed E-state index contributed by atoms with van der Waals surface area (Å²) in [7, 11) is 1.94. The minimum atomic E-state index is 0.737. The van der Waals surface area contributed by atoms with Crippen molar-refractivity contribution in [3.05, 3.63) is 27.1 Å². The Bertz CT molecular complexity index is 291. The molecule has 14 heavy (non-hydrogen) atoms. The molecule has 0 aliphatic heterocycles. The minimum absolute atomic E-state index is 0.737. The monoisotopic (exact) mass is 321 g/mol. The smallest absolute Gasteiger partial charge is 0.133 e. The van der Waals surface area contributed by atoms with Crippen LogP contribution in [-0.2, 0) is 0 Å². The van der Waals surface area contributed by atoms with Gasteiger partial charge in [0.2, 0.25) is 0 Å². The Morgan fingerprint density at radius 3 is 2.79 bits per heavy atom. The number of nitrogens with one attached hydrogen (secondary N) is 1. The van der Waals surface area contributed by atoms with Crippen LogP contribution in [0.1, 0.15) is 6.42 Å². The summed E-state index contributed by atoms with van der Waals surface area (Å²) in [5.74, 6) is 0.893. The summed E-state index contributed by atoms with van der Waals surface area (Å²) in [5.41, 5.74) is 0. The average Bonchev–Trinajstić information content (AvgIpc) is 2.15. The molecule has 1 N–H and O–H groups in total. The maximum Gasteiger partial charge on any atom is 0.133 e. The molecule has 0 bridgehead atoms. The van der Waals surface area contributed by atoms with Gasteiger partial charge >= 0.3 is 0 Å². The van der Waals surface area contributed by atoms with Crippen LogP contribution in [0.2, 0.25) is 0 Å². The first kappa shape index (κ1) is 12.0. The highest BCUT2D eigenvalue weighted by atomic mass is 79.9. The summed E-state index contributed by atoms with van der Waals surface area (Å²) >= 11 is 6.84. The van der Waals surface area contributed by atoms with E-state index in [4.69, 9.17) is 4.74 Å². The molecule has 0 heterocycles. The molecule has 0 amide bonds.